The number of pyridine rings is 1. The quantitative estimate of drug-likeness (QED) is 0.818. The summed E-state index contributed by atoms with van der Waals surface area (Å²) in [6.45, 7) is 1.65. The number of nitriles is 1. The van der Waals surface area contributed by atoms with Crippen molar-refractivity contribution in [1.82, 2.24) is 4.98 Å². The molecule has 4 nitrogen and oxygen atoms in total. The van der Waals surface area contributed by atoms with Crippen LogP contribution in [0.25, 0.3) is 10.9 Å². The van der Waals surface area contributed by atoms with Crippen LogP contribution >= 0.6 is 11.8 Å². The number of aliphatic hydroxyl groups excluding tert-OH is 1. The van der Waals surface area contributed by atoms with E-state index in [0.717, 1.165) is 12.3 Å². The molecule has 0 aliphatic rings. The number of fused-ring (bicyclic) bond motifs is 1. The number of rotatable bonds is 5. The fourth-order valence-electron chi connectivity index (χ4n) is 2.24. The molecule has 0 aliphatic heterocycles. The van der Waals surface area contributed by atoms with Gasteiger partial charge < -0.3 is 10.4 Å². The molecule has 2 rings (SSSR count). The first-order chi connectivity index (χ1) is 10.9. The highest BCUT2D eigenvalue weighted by molar-refractivity contribution is 7.99. The van der Waals surface area contributed by atoms with Crippen molar-refractivity contribution in [3.63, 3.8) is 0 Å². The standard InChI is InChI=1S/C15H14F3N3OS/c1-7(11(6-22)23-2)21-14-8(4-19)5-20-15-9(14)3-10(16)12(17)13(15)18/h3,5,7,11,22H,6H2,1-2H3,(H,20,21)/t7-,11-/m1/s1. The Morgan fingerprint density at radius 3 is 2.65 bits per heavy atom. The first kappa shape index (κ1) is 17.4. The van der Waals surface area contributed by atoms with Crippen LogP contribution in [0.5, 0.6) is 0 Å². The maximum Gasteiger partial charge on any atom is 0.196 e. The summed E-state index contributed by atoms with van der Waals surface area (Å²) in [5.41, 5.74) is -0.120. The molecule has 0 saturated carbocycles. The van der Waals surface area contributed by atoms with E-state index in [1.807, 2.05) is 12.3 Å². The van der Waals surface area contributed by atoms with Gasteiger partial charge in [0.15, 0.2) is 17.5 Å². The normalized spacial score (nSPS) is 13.6. The minimum atomic E-state index is -1.61. The molecule has 1 heterocycles. The van der Waals surface area contributed by atoms with Gasteiger partial charge in [-0.3, -0.25) is 4.98 Å². The van der Waals surface area contributed by atoms with E-state index in [1.165, 1.54) is 11.8 Å². The fraction of sp³-hybridized carbons (Fsp3) is 0.333. The molecular weight excluding hydrogens is 327 g/mol. The van der Waals surface area contributed by atoms with Crippen LogP contribution in [0.2, 0.25) is 0 Å². The first-order valence-corrected chi connectivity index (χ1v) is 7.99. The predicted molar refractivity (Wildman–Crippen MR) is 83.8 cm³/mol. The maximum atomic E-state index is 13.9. The summed E-state index contributed by atoms with van der Waals surface area (Å²) in [5.74, 6) is -4.36. The molecule has 1 aromatic heterocycles. The largest absolute Gasteiger partial charge is 0.395 e. The molecule has 0 bridgehead atoms. The van der Waals surface area contributed by atoms with Crippen LogP contribution < -0.4 is 5.32 Å². The Bertz CT molecular complexity index is 775. The number of thioether (sulfide) groups is 1. The van der Waals surface area contributed by atoms with Gasteiger partial charge in [0.1, 0.15) is 11.6 Å². The van der Waals surface area contributed by atoms with Crippen molar-refractivity contribution in [3.8, 4) is 6.07 Å². The Kier molecular flexibility index (Phi) is 5.34. The number of aliphatic hydroxyl groups is 1. The van der Waals surface area contributed by atoms with E-state index < -0.39 is 17.5 Å². The summed E-state index contributed by atoms with van der Waals surface area (Å²) < 4.78 is 40.8. The molecule has 122 valence electrons. The summed E-state index contributed by atoms with van der Waals surface area (Å²) in [6.07, 6.45) is 2.91. The van der Waals surface area contributed by atoms with Crippen LogP contribution in [-0.4, -0.2) is 34.2 Å². The Balaban J connectivity index is 2.63. The fourth-order valence-corrected chi connectivity index (χ4v) is 2.86. The summed E-state index contributed by atoms with van der Waals surface area (Å²) in [7, 11) is 0. The lowest BCUT2D eigenvalue weighted by Crippen LogP contribution is -2.31. The number of halogens is 3. The molecule has 8 heteroatoms. The smallest absolute Gasteiger partial charge is 0.196 e. The molecule has 0 radical (unpaired) electrons. The van der Waals surface area contributed by atoms with Gasteiger partial charge in [-0.1, -0.05) is 0 Å². The number of hydrogen-bond acceptors (Lipinski definition) is 5. The van der Waals surface area contributed by atoms with E-state index in [9.17, 15) is 23.5 Å². The van der Waals surface area contributed by atoms with Gasteiger partial charge in [-0.15, -0.1) is 0 Å². The summed E-state index contributed by atoms with van der Waals surface area (Å²) >= 11 is 1.41. The van der Waals surface area contributed by atoms with Crippen molar-refractivity contribution in [2.45, 2.75) is 18.2 Å². The zero-order valence-corrected chi connectivity index (χ0v) is 13.2. The first-order valence-electron chi connectivity index (χ1n) is 6.71. The predicted octanol–water partition coefficient (Wildman–Crippen LogP) is 3.05. The molecule has 0 saturated heterocycles. The van der Waals surface area contributed by atoms with E-state index in [2.05, 4.69) is 10.3 Å². The van der Waals surface area contributed by atoms with E-state index in [1.54, 1.807) is 6.92 Å². The minimum Gasteiger partial charge on any atom is -0.395 e. The van der Waals surface area contributed by atoms with Crippen LogP contribution in [0.3, 0.4) is 0 Å². The van der Waals surface area contributed by atoms with Crippen LogP contribution in [0.15, 0.2) is 12.3 Å². The second kappa shape index (κ2) is 7.06. The lowest BCUT2D eigenvalue weighted by molar-refractivity contribution is 0.288. The number of nitrogens with one attached hydrogen (secondary N) is 1. The summed E-state index contributed by atoms with van der Waals surface area (Å²) in [4.78, 5) is 3.71. The SMILES string of the molecule is CS[C@H](CO)[C@@H](C)Nc1c(C#N)cnc2c(F)c(F)c(F)cc12. The highest BCUT2D eigenvalue weighted by Crippen LogP contribution is 2.31. The Morgan fingerprint density at radius 1 is 1.39 bits per heavy atom. The van der Waals surface area contributed by atoms with Gasteiger partial charge in [-0.05, 0) is 19.2 Å². The molecule has 2 atom stereocenters. The monoisotopic (exact) mass is 341 g/mol. The molecule has 0 fully saturated rings. The number of aromatic nitrogens is 1. The van der Waals surface area contributed by atoms with E-state index >= 15 is 0 Å². The molecule has 23 heavy (non-hydrogen) atoms. The van der Waals surface area contributed by atoms with Crippen molar-refractivity contribution < 1.29 is 18.3 Å². The van der Waals surface area contributed by atoms with Crippen LogP contribution in [0.1, 0.15) is 12.5 Å². The topological polar surface area (TPSA) is 68.9 Å². The van der Waals surface area contributed by atoms with Gasteiger partial charge in [0.2, 0.25) is 0 Å². The third-order valence-corrected chi connectivity index (χ3v) is 4.69. The van der Waals surface area contributed by atoms with Crippen molar-refractivity contribution in [1.29, 1.82) is 5.26 Å². The van der Waals surface area contributed by atoms with Gasteiger partial charge >= 0.3 is 0 Å². The Morgan fingerprint density at radius 2 is 2.09 bits per heavy atom. The second-order valence-electron chi connectivity index (χ2n) is 4.93. The zero-order chi connectivity index (χ0) is 17.1. The lowest BCUT2D eigenvalue weighted by Gasteiger charge is -2.23. The van der Waals surface area contributed by atoms with Crippen molar-refractivity contribution in [2.75, 3.05) is 18.2 Å². The maximum absolute atomic E-state index is 13.9. The molecule has 0 aliphatic carbocycles. The average molecular weight is 341 g/mol. The highest BCUT2D eigenvalue weighted by Gasteiger charge is 2.22. The zero-order valence-electron chi connectivity index (χ0n) is 12.4. The molecular formula is C15H14F3N3OS. The molecule has 2 N–H and O–H groups in total. The summed E-state index contributed by atoms with van der Waals surface area (Å²) in [5, 5.41) is 21.3. The van der Waals surface area contributed by atoms with Gasteiger partial charge in [-0.25, -0.2) is 13.2 Å². The number of anilines is 1. The number of benzene rings is 1. The molecule has 0 amide bonds. The third kappa shape index (κ3) is 3.21. The number of nitrogens with zero attached hydrogens (tertiary/aromatic N) is 2. The van der Waals surface area contributed by atoms with Gasteiger partial charge in [0.05, 0.1) is 17.9 Å². The van der Waals surface area contributed by atoms with Crippen molar-refractivity contribution >= 4 is 28.4 Å². The third-order valence-electron chi connectivity index (χ3n) is 3.53. The van der Waals surface area contributed by atoms with Crippen LogP contribution in [0, 0.1) is 28.8 Å². The van der Waals surface area contributed by atoms with E-state index in [4.69, 9.17) is 0 Å². The molecule has 0 spiro atoms. The summed E-state index contributed by atoms with van der Waals surface area (Å²) in [6, 6.07) is 2.40. The molecule has 2 aromatic rings. The van der Waals surface area contributed by atoms with Crippen molar-refractivity contribution in [3.05, 3.63) is 35.3 Å². The Labute approximate surface area is 135 Å². The van der Waals surface area contributed by atoms with E-state index in [0.29, 0.717) is 0 Å². The second-order valence-corrected chi connectivity index (χ2v) is 6.01. The Hall–Kier alpha value is -1.98. The van der Waals surface area contributed by atoms with Crippen LogP contribution in [0.4, 0.5) is 18.9 Å². The van der Waals surface area contributed by atoms with Gasteiger partial charge in [0.25, 0.3) is 0 Å². The minimum absolute atomic E-state index is 0.0231. The lowest BCUT2D eigenvalue weighted by atomic mass is 10.1. The highest BCUT2D eigenvalue weighted by atomic mass is 32.2. The average Bonchev–Trinajstić information content (AvgIpc) is 2.54. The van der Waals surface area contributed by atoms with Crippen molar-refractivity contribution in [2.24, 2.45) is 0 Å². The van der Waals surface area contributed by atoms with Crippen LogP contribution in [-0.2, 0) is 0 Å². The van der Waals surface area contributed by atoms with Gasteiger partial charge in [-0.2, -0.15) is 17.0 Å². The van der Waals surface area contributed by atoms with E-state index in [-0.39, 0.29) is 40.1 Å². The number of hydrogen-bond donors (Lipinski definition) is 2. The van der Waals surface area contributed by atoms with Gasteiger partial charge in [0, 0.05) is 22.9 Å². The molecule has 1 aromatic carbocycles. The molecule has 0 unspecified atom stereocenters.